The number of piperidine rings is 1. The summed E-state index contributed by atoms with van der Waals surface area (Å²) in [4.78, 5) is 34.3. The number of nitrogens with two attached hydrogens (primary N) is 1. The molecule has 27 heavy (non-hydrogen) atoms. The minimum absolute atomic E-state index is 0. The average Bonchev–Trinajstić information content (AvgIpc) is 2.83. The SMILES string of the molecule is Cc1c(C(=O)N2CCCCC2CN)sc2nc3n(c(=O)c12)CCCCC3.Cl. The molecule has 4 heterocycles. The van der Waals surface area contributed by atoms with Crippen LogP contribution < -0.4 is 11.3 Å². The molecule has 1 saturated heterocycles. The van der Waals surface area contributed by atoms with Crippen LogP contribution in [0.25, 0.3) is 10.2 Å². The maximum atomic E-state index is 13.2. The molecule has 2 N–H and O–H groups in total. The molecule has 0 bridgehead atoms. The molecule has 1 atom stereocenters. The molecule has 6 nitrogen and oxygen atoms in total. The summed E-state index contributed by atoms with van der Waals surface area (Å²) in [5.74, 6) is 0.887. The Balaban J connectivity index is 0.00000210. The van der Waals surface area contributed by atoms with Crippen molar-refractivity contribution in [1.82, 2.24) is 14.5 Å². The first-order valence-electron chi connectivity index (χ1n) is 9.65. The number of hydrogen-bond donors (Lipinski definition) is 1. The molecule has 0 spiro atoms. The Morgan fingerprint density at radius 3 is 2.78 bits per heavy atom. The molecule has 2 aromatic rings. The van der Waals surface area contributed by atoms with Gasteiger partial charge >= 0.3 is 0 Å². The number of likely N-dealkylation sites (tertiary alicyclic amines) is 1. The summed E-state index contributed by atoms with van der Waals surface area (Å²) in [6.07, 6.45) is 7.15. The van der Waals surface area contributed by atoms with E-state index in [0.717, 1.165) is 69.4 Å². The molecule has 0 aromatic carbocycles. The maximum absolute atomic E-state index is 13.2. The third-order valence-corrected chi connectivity index (χ3v) is 6.94. The van der Waals surface area contributed by atoms with Crippen LogP contribution in [-0.2, 0) is 13.0 Å². The zero-order chi connectivity index (χ0) is 18.3. The molecule has 2 aliphatic rings. The van der Waals surface area contributed by atoms with E-state index in [1.165, 1.54) is 11.3 Å². The van der Waals surface area contributed by atoms with E-state index < -0.39 is 0 Å². The van der Waals surface area contributed by atoms with Gasteiger partial charge in [0.2, 0.25) is 0 Å². The van der Waals surface area contributed by atoms with Crippen LogP contribution >= 0.6 is 23.7 Å². The number of hydrogen-bond acceptors (Lipinski definition) is 5. The van der Waals surface area contributed by atoms with Crippen LogP contribution in [0.2, 0.25) is 0 Å². The fourth-order valence-corrected chi connectivity index (χ4v) is 5.40. The second-order valence-electron chi connectivity index (χ2n) is 7.42. The number of halogens is 1. The minimum atomic E-state index is 0. The molecule has 8 heteroatoms. The summed E-state index contributed by atoms with van der Waals surface area (Å²) in [7, 11) is 0. The van der Waals surface area contributed by atoms with Crippen molar-refractivity contribution in [2.45, 2.75) is 64.5 Å². The minimum Gasteiger partial charge on any atom is -0.334 e. The van der Waals surface area contributed by atoms with Gasteiger partial charge in [-0.15, -0.1) is 23.7 Å². The summed E-state index contributed by atoms with van der Waals surface area (Å²) in [6, 6.07) is 0.103. The predicted molar refractivity (Wildman–Crippen MR) is 111 cm³/mol. The Hall–Kier alpha value is -1.44. The van der Waals surface area contributed by atoms with E-state index in [2.05, 4.69) is 0 Å². The van der Waals surface area contributed by atoms with Crippen molar-refractivity contribution in [3.05, 3.63) is 26.6 Å². The van der Waals surface area contributed by atoms with E-state index >= 15 is 0 Å². The number of thiophene rings is 1. The Morgan fingerprint density at radius 2 is 2.00 bits per heavy atom. The van der Waals surface area contributed by atoms with Crippen molar-refractivity contribution in [2.75, 3.05) is 13.1 Å². The van der Waals surface area contributed by atoms with Gasteiger partial charge in [0.05, 0.1) is 10.3 Å². The Labute approximate surface area is 169 Å². The molecule has 1 amide bonds. The van der Waals surface area contributed by atoms with Crippen LogP contribution in [0.15, 0.2) is 4.79 Å². The molecular formula is C19H27ClN4O2S. The number of carbonyl (C=O) groups excluding carboxylic acids is 1. The van der Waals surface area contributed by atoms with Gasteiger partial charge in [0.1, 0.15) is 10.7 Å². The highest BCUT2D eigenvalue weighted by atomic mass is 35.5. The van der Waals surface area contributed by atoms with Crippen LogP contribution in [-0.4, -0.2) is 39.5 Å². The normalized spacial score (nSPS) is 20.1. The molecule has 1 unspecified atom stereocenters. The number of aryl methyl sites for hydroxylation is 2. The smallest absolute Gasteiger partial charge is 0.264 e. The number of aromatic nitrogens is 2. The first-order valence-corrected chi connectivity index (χ1v) is 10.5. The first kappa shape index (κ1) is 20.3. The summed E-state index contributed by atoms with van der Waals surface area (Å²) in [5, 5.41) is 0.630. The van der Waals surface area contributed by atoms with Gasteiger partial charge in [-0.3, -0.25) is 14.2 Å². The summed E-state index contributed by atoms with van der Waals surface area (Å²) < 4.78 is 1.83. The monoisotopic (exact) mass is 410 g/mol. The fraction of sp³-hybridized carbons (Fsp3) is 0.632. The van der Waals surface area contributed by atoms with Crippen LogP contribution in [0.3, 0.4) is 0 Å². The third kappa shape index (κ3) is 3.52. The highest BCUT2D eigenvalue weighted by molar-refractivity contribution is 7.20. The van der Waals surface area contributed by atoms with Crippen molar-refractivity contribution in [2.24, 2.45) is 5.73 Å². The van der Waals surface area contributed by atoms with Gasteiger partial charge in [0.25, 0.3) is 11.5 Å². The van der Waals surface area contributed by atoms with Gasteiger partial charge in [-0.1, -0.05) is 6.42 Å². The largest absolute Gasteiger partial charge is 0.334 e. The number of rotatable bonds is 2. The van der Waals surface area contributed by atoms with Gasteiger partial charge in [-0.25, -0.2) is 4.98 Å². The lowest BCUT2D eigenvalue weighted by atomic mass is 10.0. The molecular weight excluding hydrogens is 384 g/mol. The molecule has 4 rings (SSSR count). The highest BCUT2D eigenvalue weighted by Crippen LogP contribution is 2.31. The second kappa shape index (κ2) is 8.29. The summed E-state index contributed by atoms with van der Waals surface area (Å²) in [5.41, 5.74) is 6.70. The predicted octanol–water partition coefficient (Wildman–Crippen LogP) is 2.87. The molecule has 0 radical (unpaired) electrons. The lowest BCUT2D eigenvalue weighted by Crippen LogP contribution is -2.47. The Kier molecular flexibility index (Phi) is 6.23. The Bertz CT molecular complexity index is 907. The van der Waals surface area contributed by atoms with Gasteiger partial charge in [0.15, 0.2) is 0 Å². The molecule has 1 fully saturated rings. The fourth-order valence-electron chi connectivity index (χ4n) is 4.26. The highest BCUT2D eigenvalue weighted by Gasteiger charge is 2.30. The van der Waals surface area contributed by atoms with Crippen molar-refractivity contribution in [3.8, 4) is 0 Å². The van der Waals surface area contributed by atoms with Gasteiger partial charge in [0, 0.05) is 32.1 Å². The number of fused-ring (bicyclic) bond motifs is 2. The maximum Gasteiger partial charge on any atom is 0.264 e. The summed E-state index contributed by atoms with van der Waals surface area (Å²) in [6.45, 7) is 3.86. The van der Waals surface area contributed by atoms with Crippen molar-refractivity contribution < 1.29 is 4.79 Å². The number of amides is 1. The van der Waals surface area contributed by atoms with E-state index in [0.29, 0.717) is 21.6 Å². The van der Waals surface area contributed by atoms with E-state index in [-0.39, 0.29) is 29.9 Å². The Morgan fingerprint density at radius 1 is 1.22 bits per heavy atom. The van der Waals surface area contributed by atoms with E-state index in [1.54, 1.807) is 0 Å². The average molecular weight is 411 g/mol. The van der Waals surface area contributed by atoms with Crippen LogP contribution in [0.1, 0.15) is 59.6 Å². The molecule has 0 aliphatic carbocycles. The zero-order valence-electron chi connectivity index (χ0n) is 15.7. The quantitative estimate of drug-likeness (QED) is 0.825. The van der Waals surface area contributed by atoms with E-state index in [4.69, 9.17) is 10.7 Å². The number of carbonyl (C=O) groups is 1. The first-order chi connectivity index (χ1) is 12.6. The zero-order valence-corrected chi connectivity index (χ0v) is 17.3. The standard InChI is InChI=1S/C19H26N4O2S.ClH/c1-12-15-17(21-14-8-3-2-5-10-23(14)18(15)24)26-16(12)19(25)22-9-6-4-7-13(22)11-20;/h13H,2-11,20H2,1H3;1H. The third-order valence-electron chi connectivity index (χ3n) is 5.77. The second-order valence-corrected chi connectivity index (χ2v) is 8.41. The van der Waals surface area contributed by atoms with Crippen molar-refractivity contribution >= 4 is 39.9 Å². The van der Waals surface area contributed by atoms with E-state index in [1.807, 2.05) is 16.4 Å². The summed E-state index contributed by atoms with van der Waals surface area (Å²) >= 11 is 1.38. The van der Waals surface area contributed by atoms with Gasteiger partial charge < -0.3 is 10.6 Å². The number of nitrogens with zero attached hydrogens (tertiary/aromatic N) is 3. The van der Waals surface area contributed by atoms with Gasteiger partial charge in [-0.05, 0) is 44.6 Å². The topological polar surface area (TPSA) is 81.2 Å². The molecule has 0 saturated carbocycles. The lowest BCUT2D eigenvalue weighted by Gasteiger charge is -2.34. The van der Waals surface area contributed by atoms with Crippen molar-refractivity contribution in [3.63, 3.8) is 0 Å². The van der Waals surface area contributed by atoms with Gasteiger partial charge in [-0.2, -0.15) is 0 Å². The molecule has 2 aliphatic heterocycles. The molecule has 2 aromatic heterocycles. The van der Waals surface area contributed by atoms with E-state index in [9.17, 15) is 9.59 Å². The van der Waals surface area contributed by atoms with Crippen LogP contribution in [0, 0.1) is 6.92 Å². The lowest BCUT2D eigenvalue weighted by molar-refractivity contribution is 0.0628. The van der Waals surface area contributed by atoms with Crippen molar-refractivity contribution in [1.29, 1.82) is 0 Å². The van der Waals surface area contributed by atoms with Crippen LogP contribution in [0.5, 0.6) is 0 Å². The van der Waals surface area contributed by atoms with Crippen LogP contribution in [0.4, 0.5) is 0 Å². The molecule has 148 valence electrons.